The second-order valence-electron chi connectivity index (χ2n) is 11.9. The minimum absolute atomic E-state index is 0. The summed E-state index contributed by atoms with van der Waals surface area (Å²) in [6.07, 6.45) is 2.69. The molecule has 1 aliphatic rings. The molecule has 270 valence electrons. The van der Waals surface area contributed by atoms with Gasteiger partial charge in [-0.1, -0.05) is 6.07 Å². The second kappa shape index (κ2) is 17.4. The molecule has 48 heavy (non-hydrogen) atoms. The van der Waals surface area contributed by atoms with Crippen LogP contribution in [0.25, 0.3) is 22.4 Å². The number of benzene rings is 1. The third kappa shape index (κ3) is 12.3. The fourth-order valence-electron chi connectivity index (χ4n) is 5.07. The van der Waals surface area contributed by atoms with Crippen molar-refractivity contribution in [2.24, 2.45) is 13.0 Å². The van der Waals surface area contributed by atoms with Crippen LogP contribution in [0.4, 0.5) is 0 Å². The number of nitrogens with zero attached hydrogens (tertiary/aromatic N) is 3. The molecule has 1 aromatic carbocycles. The largest absolute Gasteiger partial charge is 0.462 e. The Bertz CT molecular complexity index is 1750. The molecule has 0 radical (unpaired) electrons. The van der Waals surface area contributed by atoms with E-state index < -0.39 is 49.9 Å². The van der Waals surface area contributed by atoms with Crippen LogP contribution in [0.5, 0.6) is 0 Å². The SMILES string of the molecule is Cc1cc(-c2nc3cc(CN[C@H](C(=O)OC(C)C)[C@@H](C)O)ccc3n2CC2CCOCC2)cn(C)c1=O.O.O=S(=O)(O)CCS(=O)(=O)O. The molecular formula is C30H46N4O12S2. The van der Waals surface area contributed by atoms with Crippen molar-refractivity contribution in [2.75, 3.05) is 24.7 Å². The van der Waals surface area contributed by atoms with Crippen LogP contribution in [-0.2, 0) is 54.6 Å². The van der Waals surface area contributed by atoms with E-state index >= 15 is 0 Å². The summed E-state index contributed by atoms with van der Waals surface area (Å²) in [6, 6.07) is 7.16. The number of hydrogen-bond donors (Lipinski definition) is 4. The first-order chi connectivity index (χ1) is 21.8. The van der Waals surface area contributed by atoms with Crippen molar-refractivity contribution in [2.45, 2.75) is 71.9 Å². The summed E-state index contributed by atoms with van der Waals surface area (Å²) in [7, 11) is -6.83. The van der Waals surface area contributed by atoms with Gasteiger partial charge >= 0.3 is 5.97 Å². The number of carbonyl (C=O) groups is 1. The number of aliphatic hydroxyl groups excluding tert-OH is 1. The number of aryl methyl sites for hydroxylation is 2. The van der Waals surface area contributed by atoms with E-state index in [1.54, 1.807) is 32.4 Å². The molecule has 0 aliphatic carbocycles. The maximum absolute atomic E-state index is 12.4. The number of carbonyl (C=O) groups excluding carboxylic acids is 1. The summed E-state index contributed by atoms with van der Waals surface area (Å²) < 4.78 is 70.1. The second-order valence-corrected chi connectivity index (χ2v) is 15.1. The van der Waals surface area contributed by atoms with Gasteiger partial charge in [0, 0.05) is 50.7 Å². The summed E-state index contributed by atoms with van der Waals surface area (Å²) >= 11 is 0. The van der Waals surface area contributed by atoms with Gasteiger partial charge in [0.05, 0.1) is 34.7 Å². The molecule has 0 bridgehead atoms. The van der Waals surface area contributed by atoms with Crippen LogP contribution in [0.1, 0.15) is 44.7 Å². The molecule has 3 aromatic rings. The minimum Gasteiger partial charge on any atom is -0.462 e. The van der Waals surface area contributed by atoms with Crippen LogP contribution in [0.3, 0.4) is 0 Å². The number of rotatable bonds is 12. The fraction of sp³-hybridized carbons (Fsp3) is 0.567. The van der Waals surface area contributed by atoms with Gasteiger partial charge in [-0.3, -0.25) is 24.0 Å². The quantitative estimate of drug-likeness (QED) is 0.150. The Labute approximate surface area is 279 Å². The number of hydrogen-bond acceptors (Lipinski definition) is 11. The van der Waals surface area contributed by atoms with E-state index in [4.69, 9.17) is 23.6 Å². The monoisotopic (exact) mass is 718 g/mol. The maximum Gasteiger partial charge on any atom is 0.326 e. The lowest BCUT2D eigenvalue weighted by molar-refractivity contribution is -0.152. The van der Waals surface area contributed by atoms with E-state index in [1.165, 1.54) is 0 Å². The van der Waals surface area contributed by atoms with Crippen molar-refractivity contribution in [3.05, 3.63) is 51.9 Å². The van der Waals surface area contributed by atoms with Gasteiger partial charge in [-0.2, -0.15) is 16.8 Å². The predicted molar refractivity (Wildman–Crippen MR) is 179 cm³/mol. The molecule has 1 saturated heterocycles. The van der Waals surface area contributed by atoms with E-state index in [9.17, 15) is 31.5 Å². The molecule has 16 nitrogen and oxygen atoms in total. The van der Waals surface area contributed by atoms with Crippen molar-refractivity contribution in [3.8, 4) is 11.4 Å². The summed E-state index contributed by atoms with van der Waals surface area (Å²) in [5.41, 5.74) is 4.34. The van der Waals surface area contributed by atoms with Gasteiger partial charge in [0.25, 0.3) is 25.8 Å². The molecular weight excluding hydrogens is 672 g/mol. The summed E-state index contributed by atoms with van der Waals surface area (Å²) in [6.45, 7) is 9.69. The lowest BCUT2D eigenvalue weighted by atomic mass is 10.00. The number of esters is 1. The lowest BCUT2D eigenvalue weighted by Crippen LogP contribution is -2.46. The van der Waals surface area contributed by atoms with Gasteiger partial charge in [0.2, 0.25) is 0 Å². The van der Waals surface area contributed by atoms with Crippen molar-refractivity contribution >= 4 is 37.2 Å². The van der Waals surface area contributed by atoms with Crippen LogP contribution < -0.4 is 10.9 Å². The van der Waals surface area contributed by atoms with Crippen LogP contribution in [0, 0.1) is 12.8 Å². The Morgan fingerprint density at radius 2 is 1.69 bits per heavy atom. The standard InChI is InChI=1S/C28H38N4O5.C2H6O6S2.H2O/c1-17(2)37-28(35)25(19(4)33)29-14-21-6-7-24-23(13-21)30-26(22-12-18(3)27(34)31(5)16-22)32(24)15-20-8-10-36-11-9-20;3-9(4,5)1-2-10(6,7)8;/h6-7,12-13,16-17,19-20,25,29,33H,8-11,14-15H2,1-5H3;1-2H2,(H,3,4,5)(H,6,7,8);1H2/t19-,25+;;/m1../s1. The Hall–Kier alpha value is -3.23. The molecule has 0 unspecified atom stereocenters. The van der Waals surface area contributed by atoms with Crippen molar-refractivity contribution in [3.63, 3.8) is 0 Å². The van der Waals surface area contributed by atoms with E-state index in [1.807, 2.05) is 31.3 Å². The average Bonchev–Trinajstić information content (AvgIpc) is 3.31. The third-order valence-corrected chi connectivity index (χ3v) is 9.13. The fourth-order valence-corrected chi connectivity index (χ4v) is 6.76. The molecule has 0 amide bonds. The highest BCUT2D eigenvalue weighted by molar-refractivity contribution is 7.89. The predicted octanol–water partition coefficient (Wildman–Crippen LogP) is 0.865. The first-order valence-electron chi connectivity index (χ1n) is 15.1. The average molecular weight is 719 g/mol. The number of aromatic nitrogens is 3. The summed E-state index contributed by atoms with van der Waals surface area (Å²) in [5, 5.41) is 13.3. The Morgan fingerprint density at radius 1 is 1.08 bits per heavy atom. The summed E-state index contributed by atoms with van der Waals surface area (Å²) in [4.78, 5) is 29.7. The number of fused-ring (bicyclic) bond motifs is 1. The van der Waals surface area contributed by atoms with Gasteiger partial charge in [-0.05, 0) is 70.2 Å². The first kappa shape index (κ1) is 40.9. The van der Waals surface area contributed by atoms with Gasteiger partial charge < -0.3 is 29.2 Å². The molecule has 1 fully saturated rings. The van der Waals surface area contributed by atoms with Crippen LogP contribution in [-0.4, -0.2) is 99.6 Å². The van der Waals surface area contributed by atoms with Gasteiger partial charge in [0.15, 0.2) is 0 Å². The molecule has 2 aromatic heterocycles. The van der Waals surface area contributed by atoms with E-state index in [-0.39, 0.29) is 17.1 Å². The third-order valence-electron chi connectivity index (χ3n) is 7.43. The van der Waals surface area contributed by atoms with Crippen molar-refractivity contribution in [1.82, 2.24) is 19.4 Å². The maximum atomic E-state index is 12.4. The Kier molecular flexibility index (Phi) is 14.9. The van der Waals surface area contributed by atoms with Gasteiger partial charge in [0.1, 0.15) is 11.9 Å². The van der Waals surface area contributed by atoms with E-state index in [0.717, 1.165) is 60.6 Å². The van der Waals surface area contributed by atoms with Crippen LogP contribution in [0.2, 0.25) is 0 Å². The van der Waals surface area contributed by atoms with Crippen molar-refractivity contribution < 1.29 is 50.8 Å². The zero-order valence-corrected chi connectivity index (χ0v) is 29.3. The first-order valence-corrected chi connectivity index (χ1v) is 18.3. The lowest BCUT2D eigenvalue weighted by Gasteiger charge is -2.23. The summed E-state index contributed by atoms with van der Waals surface area (Å²) in [5.74, 6) is -1.12. The molecule has 0 saturated carbocycles. The minimum atomic E-state index is -4.30. The smallest absolute Gasteiger partial charge is 0.326 e. The molecule has 1 aliphatic heterocycles. The molecule has 18 heteroatoms. The van der Waals surface area contributed by atoms with E-state index in [0.29, 0.717) is 18.0 Å². The zero-order chi connectivity index (χ0) is 35.1. The molecule has 4 rings (SSSR count). The highest BCUT2D eigenvalue weighted by atomic mass is 32.2. The number of imidazole rings is 1. The number of nitrogens with one attached hydrogen (secondary N) is 1. The van der Waals surface area contributed by atoms with Gasteiger partial charge in [-0.25, -0.2) is 4.98 Å². The van der Waals surface area contributed by atoms with Gasteiger partial charge in [-0.15, -0.1) is 0 Å². The highest BCUT2D eigenvalue weighted by Crippen LogP contribution is 2.29. The topological polar surface area (TPSA) is 248 Å². The molecule has 6 N–H and O–H groups in total. The van der Waals surface area contributed by atoms with E-state index in [2.05, 4.69) is 16.0 Å². The van der Waals surface area contributed by atoms with Crippen LogP contribution in [0.15, 0.2) is 35.3 Å². The molecule has 2 atom stereocenters. The normalized spacial score (nSPS) is 15.4. The number of pyridine rings is 1. The van der Waals surface area contributed by atoms with Crippen molar-refractivity contribution in [1.29, 1.82) is 0 Å². The molecule has 0 spiro atoms. The number of aliphatic hydroxyl groups is 1. The van der Waals surface area contributed by atoms with Crippen LogP contribution >= 0.6 is 0 Å². The molecule has 3 heterocycles. The zero-order valence-electron chi connectivity index (χ0n) is 27.6. The Morgan fingerprint density at radius 3 is 2.21 bits per heavy atom. The highest BCUT2D eigenvalue weighted by Gasteiger charge is 2.26. The Balaban J connectivity index is 0.000000633. The number of ether oxygens (including phenoxy) is 2.